The Hall–Kier alpha value is -2.34. The van der Waals surface area contributed by atoms with E-state index < -0.39 is 0 Å². The summed E-state index contributed by atoms with van der Waals surface area (Å²) >= 11 is 5.35. The van der Waals surface area contributed by atoms with E-state index in [1.165, 1.54) is 5.69 Å². The van der Waals surface area contributed by atoms with Crippen molar-refractivity contribution in [3.8, 4) is 11.4 Å². The molecule has 0 atom stereocenters. The average Bonchev–Trinajstić information content (AvgIpc) is 3.06. The van der Waals surface area contributed by atoms with Crippen molar-refractivity contribution >= 4 is 12.2 Å². The first kappa shape index (κ1) is 13.6. The predicted octanol–water partition coefficient (Wildman–Crippen LogP) is 2.87. The van der Waals surface area contributed by atoms with Gasteiger partial charge < -0.3 is 9.30 Å². The molecule has 1 aromatic carbocycles. The number of aromatic amines is 1. The van der Waals surface area contributed by atoms with Gasteiger partial charge in [-0.05, 0) is 48.6 Å². The van der Waals surface area contributed by atoms with Gasteiger partial charge in [0.05, 0.1) is 7.11 Å². The minimum atomic E-state index is 0.587. The Morgan fingerprint density at radius 2 is 2.00 bits per heavy atom. The Kier molecular flexibility index (Phi) is 3.62. The monoisotopic (exact) mass is 300 g/mol. The van der Waals surface area contributed by atoms with Crippen LogP contribution in [0.1, 0.15) is 11.5 Å². The Labute approximate surface area is 127 Å². The number of H-pyrrole nitrogens is 1. The lowest BCUT2D eigenvalue weighted by Gasteiger charge is -2.08. The fourth-order valence-corrected chi connectivity index (χ4v) is 2.54. The molecule has 0 fully saturated rings. The first-order valence-electron chi connectivity index (χ1n) is 6.60. The number of hydrogen-bond acceptors (Lipinski definition) is 3. The van der Waals surface area contributed by atoms with Crippen molar-refractivity contribution in [2.75, 3.05) is 7.11 Å². The smallest absolute Gasteiger partial charge is 0.199 e. The van der Waals surface area contributed by atoms with E-state index in [4.69, 9.17) is 17.0 Å². The van der Waals surface area contributed by atoms with E-state index in [2.05, 4.69) is 20.8 Å². The maximum Gasteiger partial charge on any atom is 0.199 e. The maximum atomic E-state index is 5.35. The molecule has 5 nitrogen and oxygen atoms in total. The number of aromatic nitrogens is 4. The first-order valence-corrected chi connectivity index (χ1v) is 7.01. The van der Waals surface area contributed by atoms with E-state index in [0.717, 1.165) is 17.3 Å². The second kappa shape index (κ2) is 5.57. The lowest BCUT2D eigenvalue weighted by atomic mass is 10.2. The summed E-state index contributed by atoms with van der Waals surface area (Å²) in [4.78, 5) is 0. The Morgan fingerprint density at radius 1 is 1.24 bits per heavy atom. The molecule has 2 aromatic heterocycles. The van der Waals surface area contributed by atoms with Crippen LogP contribution in [0.15, 0.2) is 42.6 Å². The lowest BCUT2D eigenvalue weighted by molar-refractivity contribution is 0.414. The molecule has 0 saturated heterocycles. The zero-order chi connectivity index (χ0) is 14.8. The van der Waals surface area contributed by atoms with Crippen molar-refractivity contribution in [2.24, 2.45) is 7.05 Å². The summed E-state index contributed by atoms with van der Waals surface area (Å²) in [5.74, 6) is 1.70. The second-order valence-electron chi connectivity index (χ2n) is 4.77. The van der Waals surface area contributed by atoms with Gasteiger partial charge in [-0.15, -0.1) is 0 Å². The molecule has 0 aliphatic carbocycles. The van der Waals surface area contributed by atoms with Crippen LogP contribution >= 0.6 is 12.2 Å². The fourth-order valence-electron chi connectivity index (χ4n) is 2.29. The molecule has 3 aromatic rings. The molecule has 0 aliphatic rings. The summed E-state index contributed by atoms with van der Waals surface area (Å²) in [6.45, 7) is 0. The van der Waals surface area contributed by atoms with Crippen molar-refractivity contribution in [3.05, 3.63) is 58.9 Å². The molecular weight excluding hydrogens is 284 g/mol. The van der Waals surface area contributed by atoms with Crippen LogP contribution in [0.2, 0.25) is 0 Å². The fraction of sp³-hybridized carbons (Fsp3) is 0.200. The highest BCUT2D eigenvalue weighted by Crippen LogP contribution is 2.18. The minimum absolute atomic E-state index is 0.587. The predicted molar refractivity (Wildman–Crippen MR) is 83.5 cm³/mol. The minimum Gasteiger partial charge on any atom is -0.497 e. The molecule has 1 N–H and O–H groups in total. The van der Waals surface area contributed by atoms with Gasteiger partial charge >= 0.3 is 0 Å². The van der Waals surface area contributed by atoms with Crippen LogP contribution in [0.5, 0.6) is 5.75 Å². The van der Waals surface area contributed by atoms with Gasteiger partial charge in [0.25, 0.3) is 0 Å². The summed E-state index contributed by atoms with van der Waals surface area (Å²) in [5, 5.41) is 7.22. The van der Waals surface area contributed by atoms with Crippen LogP contribution in [0.25, 0.3) is 5.69 Å². The van der Waals surface area contributed by atoms with Gasteiger partial charge in [0.2, 0.25) is 0 Å². The van der Waals surface area contributed by atoms with Crippen molar-refractivity contribution in [1.82, 2.24) is 19.3 Å². The molecule has 108 valence electrons. The SMILES string of the molecule is COc1ccc(-n2c(Cc3cccn3C)n[nH]c2=S)cc1. The zero-order valence-electron chi connectivity index (χ0n) is 11.9. The van der Waals surface area contributed by atoms with Crippen molar-refractivity contribution < 1.29 is 4.74 Å². The van der Waals surface area contributed by atoms with Crippen molar-refractivity contribution in [2.45, 2.75) is 6.42 Å². The summed E-state index contributed by atoms with van der Waals surface area (Å²) in [6, 6.07) is 11.9. The quantitative estimate of drug-likeness (QED) is 0.754. The molecule has 3 rings (SSSR count). The van der Waals surface area contributed by atoms with Crippen LogP contribution in [-0.2, 0) is 13.5 Å². The number of aryl methyl sites for hydroxylation is 1. The van der Waals surface area contributed by atoms with Crippen molar-refractivity contribution in [3.63, 3.8) is 0 Å². The topological polar surface area (TPSA) is 47.8 Å². The van der Waals surface area contributed by atoms with Gasteiger partial charge in [0, 0.05) is 31.0 Å². The van der Waals surface area contributed by atoms with Gasteiger partial charge in [-0.3, -0.25) is 9.67 Å². The summed E-state index contributed by atoms with van der Waals surface area (Å²) in [6.07, 6.45) is 2.73. The maximum absolute atomic E-state index is 5.35. The molecule has 0 amide bonds. The Bertz CT molecular complexity index is 798. The number of benzene rings is 1. The molecule has 0 radical (unpaired) electrons. The van der Waals surface area contributed by atoms with E-state index in [0.29, 0.717) is 11.2 Å². The summed E-state index contributed by atoms with van der Waals surface area (Å²) < 4.78 is 9.80. The van der Waals surface area contributed by atoms with Crippen LogP contribution in [0, 0.1) is 4.77 Å². The average molecular weight is 300 g/mol. The number of rotatable bonds is 4. The van der Waals surface area contributed by atoms with E-state index in [-0.39, 0.29) is 0 Å². The van der Waals surface area contributed by atoms with Gasteiger partial charge in [-0.1, -0.05) is 0 Å². The normalized spacial score (nSPS) is 10.8. The van der Waals surface area contributed by atoms with Gasteiger partial charge in [-0.25, -0.2) is 0 Å². The third-order valence-electron chi connectivity index (χ3n) is 3.46. The molecule has 0 aliphatic heterocycles. The van der Waals surface area contributed by atoms with Gasteiger partial charge in [0.15, 0.2) is 4.77 Å². The highest BCUT2D eigenvalue weighted by molar-refractivity contribution is 7.71. The van der Waals surface area contributed by atoms with E-state index >= 15 is 0 Å². The molecule has 6 heteroatoms. The van der Waals surface area contributed by atoms with Crippen LogP contribution in [0.4, 0.5) is 0 Å². The molecule has 2 heterocycles. The highest BCUT2D eigenvalue weighted by atomic mass is 32.1. The van der Waals surface area contributed by atoms with Crippen molar-refractivity contribution in [1.29, 1.82) is 0 Å². The molecule has 0 unspecified atom stereocenters. The highest BCUT2D eigenvalue weighted by Gasteiger charge is 2.10. The summed E-state index contributed by atoms with van der Waals surface area (Å²) in [7, 11) is 3.67. The standard InChI is InChI=1S/C15H16N4OS/c1-18-9-3-4-12(18)10-14-16-17-15(21)19(14)11-5-7-13(20-2)8-6-11/h3-9H,10H2,1-2H3,(H,17,21). The third-order valence-corrected chi connectivity index (χ3v) is 3.74. The molecule has 21 heavy (non-hydrogen) atoms. The van der Waals surface area contributed by atoms with Crippen LogP contribution in [0.3, 0.4) is 0 Å². The Morgan fingerprint density at radius 3 is 2.62 bits per heavy atom. The van der Waals surface area contributed by atoms with Crippen LogP contribution < -0.4 is 4.74 Å². The van der Waals surface area contributed by atoms with Gasteiger partial charge in [-0.2, -0.15) is 5.10 Å². The number of nitrogens with zero attached hydrogens (tertiary/aromatic N) is 3. The van der Waals surface area contributed by atoms with Gasteiger partial charge in [0.1, 0.15) is 11.6 Å². The summed E-state index contributed by atoms with van der Waals surface area (Å²) in [5.41, 5.74) is 2.15. The molecule has 0 spiro atoms. The number of ether oxygens (including phenoxy) is 1. The number of methoxy groups -OCH3 is 1. The Balaban J connectivity index is 2.00. The third kappa shape index (κ3) is 2.62. The number of hydrogen-bond donors (Lipinski definition) is 1. The second-order valence-corrected chi connectivity index (χ2v) is 5.15. The molecule has 0 bridgehead atoms. The first-order chi connectivity index (χ1) is 10.2. The molecule has 0 saturated carbocycles. The van der Waals surface area contributed by atoms with Crippen LogP contribution in [-0.4, -0.2) is 26.4 Å². The van der Waals surface area contributed by atoms with E-state index in [1.807, 2.05) is 48.1 Å². The van der Waals surface area contributed by atoms with E-state index in [9.17, 15) is 0 Å². The number of nitrogens with one attached hydrogen (secondary N) is 1. The molecular formula is C15H16N4OS. The largest absolute Gasteiger partial charge is 0.497 e. The van der Waals surface area contributed by atoms with E-state index in [1.54, 1.807) is 7.11 Å². The zero-order valence-corrected chi connectivity index (χ0v) is 12.7. The lowest BCUT2D eigenvalue weighted by Crippen LogP contribution is -2.05.